The highest BCUT2D eigenvalue weighted by molar-refractivity contribution is 5.84. The molecule has 1 aliphatic heterocycles. The van der Waals surface area contributed by atoms with Crippen molar-refractivity contribution in [3.63, 3.8) is 0 Å². The Morgan fingerprint density at radius 1 is 1.55 bits per heavy atom. The predicted molar refractivity (Wildman–Crippen MR) is 81.6 cm³/mol. The van der Waals surface area contributed by atoms with Crippen molar-refractivity contribution in [1.82, 2.24) is 10.2 Å². The quantitative estimate of drug-likeness (QED) is 0.735. The third-order valence-electron chi connectivity index (χ3n) is 4.10. The van der Waals surface area contributed by atoms with E-state index in [1.54, 1.807) is 0 Å². The minimum absolute atomic E-state index is 0.234. The second-order valence-electron chi connectivity index (χ2n) is 6.45. The largest absolute Gasteiger partial charge is 0.376 e. The van der Waals surface area contributed by atoms with Gasteiger partial charge in [-0.3, -0.25) is 9.69 Å². The first-order chi connectivity index (χ1) is 9.28. The Bertz CT molecular complexity index is 322. The highest BCUT2D eigenvalue weighted by atomic mass is 16.5. The molecule has 0 aromatic carbocycles. The number of amides is 1. The van der Waals surface area contributed by atoms with Gasteiger partial charge >= 0.3 is 0 Å². The molecule has 3 atom stereocenters. The highest BCUT2D eigenvalue weighted by Crippen LogP contribution is 2.18. The normalized spacial score (nSPS) is 27.5. The molecule has 0 bridgehead atoms. The van der Waals surface area contributed by atoms with Crippen molar-refractivity contribution < 1.29 is 9.53 Å². The first-order valence-electron chi connectivity index (χ1n) is 7.71. The van der Waals surface area contributed by atoms with Crippen LogP contribution < -0.4 is 11.1 Å². The van der Waals surface area contributed by atoms with Crippen molar-refractivity contribution in [2.75, 3.05) is 19.7 Å². The first kappa shape index (κ1) is 17.4. The van der Waals surface area contributed by atoms with Gasteiger partial charge in [0.25, 0.3) is 0 Å². The van der Waals surface area contributed by atoms with Crippen molar-refractivity contribution in [3.05, 3.63) is 0 Å². The molecule has 1 saturated heterocycles. The number of carbonyl (C=O) groups is 1. The molecule has 20 heavy (non-hydrogen) atoms. The van der Waals surface area contributed by atoms with Crippen LogP contribution in [0.25, 0.3) is 0 Å². The molecule has 1 heterocycles. The van der Waals surface area contributed by atoms with Crippen LogP contribution in [-0.4, -0.2) is 54.2 Å². The maximum absolute atomic E-state index is 11.8. The lowest BCUT2D eigenvalue weighted by atomic mass is 9.94. The Balaban J connectivity index is 2.63. The molecule has 3 N–H and O–H groups in total. The molecular weight excluding hydrogens is 254 g/mol. The number of nitrogens with zero attached hydrogens (tertiary/aromatic N) is 1. The summed E-state index contributed by atoms with van der Waals surface area (Å²) in [7, 11) is 0. The number of hydrogen-bond acceptors (Lipinski definition) is 4. The summed E-state index contributed by atoms with van der Waals surface area (Å²) in [6, 6.07) is 0.681. The third-order valence-corrected chi connectivity index (χ3v) is 4.10. The lowest BCUT2D eigenvalue weighted by Crippen LogP contribution is -2.58. The van der Waals surface area contributed by atoms with Gasteiger partial charge < -0.3 is 15.8 Å². The van der Waals surface area contributed by atoms with E-state index >= 15 is 0 Å². The minimum atomic E-state index is -0.645. The van der Waals surface area contributed by atoms with Gasteiger partial charge in [0.1, 0.15) is 0 Å². The van der Waals surface area contributed by atoms with E-state index in [1.807, 2.05) is 20.8 Å². The van der Waals surface area contributed by atoms with Crippen molar-refractivity contribution in [2.45, 2.75) is 71.2 Å². The second-order valence-corrected chi connectivity index (χ2v) is 6.45. The molecule has 0 aliphatic carbocycles. The molecule has 5 heteroatoms. The first-order valence-corrected chi connectivity index (χ1v) is 7.71. The summed E-state index contributed by atoms with van der Waals surface area (Å²) in [4.78, 5) is 14.2. The molecule has 0 aromatic heterocycles. The number of morpholine rings is 1. The molecular formula is C15H31N3O2. The van der Waals surface area contributed by atoms with Crippen LogP contribution in [0.4, 0.5) is 0 Å². The van der Waals surface area contributed by atoms with Gasteiger partial charge in [0.2, 0.25) is 5.91 Å². The van der Waals surface area contributed by atoms with Crippen molar-refractivity contribution in [2.24, 2.45) is 5.73 Å². The summed E-state index contributed by atoms with van der Waals surface area (Å²) in [6.07, 6.45) is 2.05. The molecule has 1 fully saturated rings. The van der Waals surface area contributed by atoms with Crippen molar-refractivity contribution in [1.29, 1.82) is 0 Å². The fraction of sp³-hybridized carbons (Fsp3) is 0.933. The fourth-order valence-corrected chi connectivity index (χ4v) is 2.83. The van der Waals surface area contributed by atoms with Gasteiger partial charge in [-0.15, -0.1) is 0 Å². The molecule has 1 aliphatic rings. The Hall–Kier alpha value is -0.650. The maximum Gasteiger partial charge on any atom is 0.237 e. The van der Waals surface area contributed by atoms with Gasteiger partial charge in [-0.25, -0.2) is 0 Å². The Morgan fingerprint density at radius 3 is 2.70 bits per heavy atom. The average Bonchev–Trinajstić information content (AvgIpc) is 2.35. The molecule has 0 saturated carbocycles. The Labute approximate surface area is 123 Å². The van der Waals surface area contributed by atoms with Gasteiger partial charge in [-0.05, 0) is 40.5 Å². The van der Waals surface area contributed by atoms with Crippen LogP contribution in [0.15, 0.2) is 0 Å². The van der Waals surface area contributed by atoms with Gasteiger partial charge in [-0.2, -0.15) is 0 Å². The van der Waals surface area contributed by atoms with E-state index in [4.69, 9.17) is 10.5 Å². The Morgan fingerprint density at radius 2 is 2.20 bits per heavy atom. The van der Waals surface area contributed by atoms with Gasteiger partial charge in [0.15, 0.2) is 0 Å². The van der Waals surface area contributed by atoms with E-state index in [9.17, 15) is 4.79 Å². The molecule has 0 radical (unpaired) electrons. The number of rotatable bonds is 7. The predicted octanol–water partition coefficient (Wildman–Crippen LogP) is 1.12. The molecule has 3 unspecified atom stereocenters. The van der Waals surface area contributed by atoms with E-state index < -0.39 is 5.54 Å². The van der Waals surface area contributed by atoms with Crippen LogP contribution in [0.1, 0.15) is 47.5 Å². The van der Waals surface area contributed by atoms with E-state index in [0.717, 1.165) is 32.5 Å². The van der Waals surface area contributed by atoms with Crippen molar-refractivity contribution in [3.8, 4) is 0 Å². The number of carbonyl (C=O) groups excluding carboxylic acids is 1. The number of primary amides is 1. The summed E-state index contributed by atoms with van der Waals surface area (Å²) < 4.78 is 5.71. The Kier molecular flexibility index (Phi) is 6.43. The zero-order valence-electron chi connectivity index (χ0n) is 13.6. The smallest absolute Gasteiger partial charge is 0.237 e. The van der Waals surface area contributed by atoms with E-state index in [1.165, 1.54) is 0 Å². The number of ether oxygens (including phenoxy) is 1. The van der Waals surface area contributed by atoms with Crippen LogP contribution in [0.5, 0.6) is 0 Å². The van der Waals surface area contributed by atoms with E-state index in [0.29, 0.717) is 6.04 Å². The van der Waals surface area contributed by atoms with Gasteiger partial charge in [0.05, 0.1) is 18.2 Å². The standard InChI is InChI=1S/C15H31N3O2/c1-6-13-10-20-12(4)9-18(13)8-7-15(5,14(16)19)17-11(2)3/h11-13,17H,6-10H2,1-5H3,(H2,16,19). The second kappa shape index (κ2) is 7.38. The molecule has 0 aromatic rings. The summed E-state index contributed by atoms with van der Waals surface area (Å²) in [5.74, 6) is -0.277. The van der Waals surface area contributed by atoms with Crippen LogP contribution in [0.3, 0.4) is 0 Å². The average molecular weight is 285 g/mol. The number of nitrogens with two attached hydrogens (primary N) is 1. The fourth-order valence-electron chi connectivity index (χ4n) is 2.83. The summed E-state index contributed by atoms with van der Waals surface area (Å²) in [5.41, 5.74) is 4.94. The lowest BCUT2D eigenvalue weighted by molar-refractivity contribution is -0.125. The van der Waals surface area contributed by atoms with Crippen LogP contribution in [0.2, 0.25) is 0 Å². The van der Waals surface area contributed by atoms with E-state index in [2.05, 4.69) is 24.1 Å². The van der Waals surface area contributed by atoms with Crippen LogP contribution in [0, 0.1) is 0 Å². The highest BCUT2D eigenvalue weighted by Gasteiger charge is 2.33. The van der Waals surface area contributed by atoms with Gasteiger partial charge in [-0.1, -0.05) is 6.92 Å². The number of hydrogen-bond donors (Lipinski definition) is 2. The zero-order chi connectivity index (χ0) is 15.3. The minimum Gasteiger partial charge on any atom is -0.376 e. The zero-order valence-corrected chi connectivity index (χ0v) is 13.6. The molecule has 5 nitrogen and oxygen atoms in total. The molecule has 1 rings (SSSR count). The lowest BCUT2D eigenvalue weighted by Gasteiger charge is -2.40. The molecule has 1 amide bonds. The summed E-state index contributed by atoms with van der Waals surface area (Å²) in [6.45, 7) is 12.8. The monoisotopic (exact) mass is 285 g/mol. The van der Waals surface area contributed by atoms with E-state index in [-0.39, 0.29) is 18.1 Å². The summed E-state index contributed by atoms with van der Waals surface area (Å²) in [5, 5.41) is 3.31. The maximum atomic E-state index is 11.8. The topological polar surface area (TPSA) is 67.6 Å². The van der Waals surface area contributed by atoms with Crippen LogP contribution >= 0.6 is 0 Å². The molecule has 0 spiro atoms. The summed E-state index contributed by atoms with van der Waals surface area (Å²) >= 11 is 0. The molecule has 118 valence electrons. The van der Waals surface area contributed by atoms with Crippen molar-refractivity contribution >= 4 is 5.91 Å². The third kappa shape index (κ3) is 4.72. The SMILES string of the molecule is CCC1COC(C)CN1CCC(C)(NC(C)C)C(N)=O. The van der Waals surface area contributed by atoms with Crippen LogP contribution in [-0.2, 0) is 9.53 Å². The van der Waals surface area contributed by atoms with Gasteiger partial charge in [0, 0.05) is 25.2 Å². The number of nitrogens with one attached hydrogen (secondary N) is 1.